The van der Waals surface area contributed by atoms with Crippen LogP contribution < -0.4 is 0 Å². The maximum Gasteiger partial charge on any atom is 0.246 e. The molecular weight excluding hydrogens is 442 g/mol. The number of benzene rings is 1. The standard InChI is InChI=1S/C12H9N3O.C10H18N2O.C5H12O/c16-11-4-2-1-3-9(11)10-7-8-5-6-13-12(8)15-14-10;1-11(2)7-5-6-10(13)12-8-3-4-9-12;1-3-4-5-6-2/h1-7,16H,(H,13,15);5-6H,3-4,7-9H2,1-2H3;3-5H2,1-2H3/b;6-5+;. The minimum atomic E-state index is 0.166. The Morgan fingerprint density at radius 1 is 1.20 bits per heavy atom. The number of H-pyrrole nitrogens is 1. The van der Waals surface area contributed by atoms with E-state index >= 15 is 0 Å². The number of nitrogens with one attached hydrogen (secondary N) is 1. The van der Waals surface area contributed by atoms with Crippen LogP contribution in [0.2, 0.25) is 0 Å². The highest BCUT2D eigenvalue weighted by molar-refractivity contribution is 5.87. The molecular formula is C27H39N5O3. The molecule has 0 bridgehead atoms. The van der Waals surface area contributed by atoms with Crippen molar-refractivity contribution in [2.45, 2.75) is 32.6 Å². The van der Waals surface area contributed by atoms with E-state index in [0.717, 1.165) is 50.1 Å². The Hall–Kier alpha value is -3.23. The number of carbonyl (C=O) groups is 1. The Bertz CT molecular complexity index is 1040. The molecule has 4 rings (SSSR count). The minimum absolute atomic E-state index is 0.166. The number of amides is 1. The third kappa shape index (κ3) is 9.88. The molecule has 2 N–H and O–H groups in total. The maximum absolute atomic E-state index is 11.4. The highest BCUT2D eigenvalue weighted by Gasteiger charge is 2.14. The van der Waals surface area contributed by atoms with E-state index in [9.17, 15) is 9.90 Å². The van der Waals surface area contributed by atoms with Crippen LogP contribution in [0.15, 0.2) is 54.7 Å². The largest absolute Gasteiger partial charge is 0.507 e. The summed E-state index contributed by atoms with van der Waals surface area (Å²) in [7, 11) is 5.71. The Labute approximate surface area is 208 Å². The first-order valence-corrected chi connectivity index (χ1v) is 12.1. The number of fused-ring (bicyclic) bond motifs is 1. The molecule has 0 unspecified atom stereocenters. The number of hydrogen-bond donors (Lipinski definition) is 2. The van der Waals surface area contributed by atoms with E-state index in [-0.39, 0.29) is 11.7 Å². The maximum atomic E-state index is 11.4. The third-order valence-corrected chi connectivity index (χ3v) is 5.34. The molecule has 1 saturated heterocycles. The molecule has 35 heavy (non-hydrogen) atoms. The summed E-state index contributed by atoms with van der Waals surface area (Å²) in [6, 6.07) is 10.9. The van der Waals surface area contributed by atoms with Gasteiger partial charge in [-0.05, 0) is 57.6 Å². The van der Waals surface area contributed by atoms with E-state index in [1.54, 1.807) is 25.3 Å². The Morgan fingerprint density at radius 2 is 1.94 bits per heavy atom. The quantitative estimate of drug-likeness (QED) is 0.381. The highest BCUT2D eigenvalue weighted by atomic mass is 16.5. The van der Waals surface area contributed by atoms with Crippen LogP contribution >= 0.6 is 0 Å². The molecule has 8 heteroatoms. The number of methoxy groups -OCH3 is 1. The molecule has 1 aliphatic rings. The van der Waals surface area contributed by atoms with E-state index in [1.165, 1.54) is 12.8 Å². The van der Waals surface area contributed by atoms with Gasteiger partial charge in [-0.15, -0.1) is 10.2 Å². The fraction of sp³-hybridized carbons (Fsp3) is 0.444. The molecule has 0 aliphatic carbocycles. The van der Waals surface area contributed by atoms with Gasteiger partial charge in [0, 0.05) is 56.6 Å². The van der Waals surface area contributed by atoms with Gasteiger partial charge in [-0.1, -0.05) is 31.6 Å². The number of likely N-dealkylation sites (N-methyl/N-ethyl adjacent to an activating group) is 1. The van der Waals surface area contributed by atoms with Crippen LogP contribution in [0.3, 0.4) is 0 Å². The summed E-state index contributed by atoms with van der Waals surface area (Å²) in [5.41, 5.74) is 2.11. The minimum Gasteiger partial charge on any atom is -0.507 e. The van der Waals surface area contributed by atoms with Crippen LogP contribution in [0.1, 0.15) is 32.6 Å². The predicted octanol–water partition coefficient (Wildman–Crippen LogP) is 4.49. The summed E-state index contributed by atoms with van der Waals surface area (Å²) in [5.74, 6) is 0.381. The molecule has 0 atom stereocenters. The number of para-hydroxylation sites is 1. The zero-order chi connectivity index (χ0) is 25.5. The second-order valence-corrected chi connectivity index (χ2v) is 8.57. The number of ether oxygens (including phenoxy) is 1. The van der Waals surface area contributed by atoms with Gasteiger partial charge in [0.15, 0.2) is 5.65 Å². The van der Waals surface area contributed by atoms with Gasteiger partial charge in [-0.2, -0.15) is 0 Å². The zero-order valence-electron chi connectivity index (χ0n) is 21.4. The van der Waals surface area contributed by atoms with Crippen LogP contribution in [0, 0.1) is 0 Å². The fourth-order valence-corrected chi connectivity index (χ4v) is 3.37. The summed E-state index contributed by atoms with van der Waals surface area (Å²) in [4.78, 5) is 18.4. The molecule has 0 radical (unpaired) electrons. The van der Waals surface area contributed by atoms with Crippen molar-refractivity contribution in [3.8, 4) is 17.0 Å². The average molecular weight is 482 g/mol. The SMILES string of the molecule is CCCCOC.CN(C)C/C=C/C(=O)N1CCCC1.Oc1ccccc1-c1cc2cc[nH]c2nn1. The number of hydrogen-bond acceptors (Lipinski definition) is 6. The van der Waals surface area contributed by atoms with Gasteiger partial charge in [-0.3, -0.25) is 4.79 Å². The number of phenols is 1. The van der Waals surface area contributed by atoms with Crippen molar-refractivity contribution in [3.05, 3.63) is 54.7 Å². The molecule has 0 spiro atoms. The number of unbranched alkanes of at least 4 members (excludes halogenated alkanes) is 1. The molecule has 3 heterocycles. The van der Waals surface area contributed by atoms with Gasteiger partial charge in [0.1, 0.15) is 5.75 Å². The number of phenolic OH excluding ortho intramolecular Hbond substituents is 1. The summed E-state index contributed by atoms with van der Waals surface area (Å²) < 4.78 is 4.78. The molecule has 1 amide bonds. The van der Waals surface area contributed by atoms with E-state index in [4.69, 9.17) is 4.74 Å². The molecule has 8 nitrogen and oxygen atoms in total. The Balaban J connectivity index is 0.000000205. The van der Waals surface area contributed by atoms with E-state index in [1.807, 2.05) is 60.4 Å². The highest BCUT2D eigenvalue weighted by Crippen LogP contribution is 2.27. The van der Waals surface area contributed by atoms with E-state index < -0.39 is 0 Å². The number of carbonyl (C=O) groups excluding carboxylic acids is 1. The number of aromatic amines is 1. The van der Waals surface area contributed by atoms with Gasteiger partial charge in [0.05, 0.1) is 5.69 Å². The normalized spacial score (nSPS) is 13.0. The van der Waals surface area contributed by atoms with Crippen LogP contribution in [0.4, 0.5) is 0 Å². The predicted molar refractivity (Wildman–Crippen MR) is 141 cm³/mol. The lowest BCUT2D eigenvalue weighted by Crippen LogP contribution is -2.25. The van der Waals surface area contributed by atoms with Crippen molar-refractivity contribution in [2.75, 3.05) is 47.4 Å². The molecule has 1 fully saturated rings. The van der Waals surface area contributed by atoms with Crippen molar-refractivity contribution in [3.63, 3.8) is 0 Å². The second-order valence-electron chi connectivity index (χ2n) is 8.57. The molecule has 0 saturated carbocycles. The number of nitrogens with zero attached hydrogens (tertiary/aromatic N) is 4. The molecule has 190 valence electrons. The first kappa shape index (κ1) is 28.0. The van der Waals surface area contributed by atoms with Gasteiger partial charge in [0.2, 0.25) is 5.91 Å². The summed E-state index contributed by atoms with van der Waals surface area (Å²) >= 11 is 0. The van der Waals surface area contributed by atoms with Crippen LogP contribution in [-0.2, 0) is 9.53 Å². The summed E-state index contributed by atoms with van der Waals surface area (Å²) in [6.45, 7) is 5.77. The molecule has 1 aromatic carbocycles. The van der Waals surface area contributed by atoms with Gasteiger partial charge >= 0.3 is 0 Å². The first-order valence-electron chi connectivity index (χ1n) is 12.1. The van der Waals surface area contributed by atoms with Crippen molar-refractivity contribution < 1.29 is 14.6 Å². The Morgan fingerprint density at radius 3 is 2.57 bits per heavy atom. The second kappa shape index (κ2) is 15.6. The molecule has 1 aliphatic heterocycles. The van der Waals surface area contributed by atoms with Crippen LogP contribution in [0.25, 0.3) is 22.3 Å². The smallest absolute Gasteiger partial charge is 0.246 e. The van der Waals surface area contributed by atoms with Crippen molar-refractivity contribution in [2.24, 2.45) is 0 Å². The molecule has 2 aromatic heterocycles. The van der Waals surface area contributed by atoms with Crippen LogP contribution in [-0.4, -0.2) is 83.4 Å². The lowest BCUT2D eigenvalue weighted by molar-refractivity contribution is -0.125. The molecule has 3 aromatic rings. The van der Waals surface area contributed by atoms with E-state index in [0.29, 0.717) is 11.3 Å². The van der Waals surface area contributed by atoms with Gasteiger partial charge in [-0.25, -0.2) is 0 Å². The lowest BCUT2D eigenvalue weighted by atomic mass is 10.1. The van der Waals surface area contributed by atoms with Crippen molar-refractivity contribution in [1.29, 1.82) is 0 Å². The van der Waals surface area contributed by atoms with Crippen molar-refractivity contribution in [1.82, 2.24) is 25.0 Å². The fourth-order valence-electron chi connectivity index (χ4n) is 3.37. The topological polar surface area (TPSA) is 94.6 Å². The first-order chi connectivity index (χ1) is 17.0. The number of rotatable bonds is 7. The van der Waals surface area contributed by atoms with Crippen LogP contribution in [0.5, 0.6) is 5.75 Å². The van der Waals surface area contributed by atoms with Gasteiger partial charge < -0.3 is 24.6 Å². The Kier molecular flexibility index (Phi) is 12.5. The lowest BCUT2D eigenvalue weighted by Gasteiger charge is -2.12. The summed E-state index contributed by atoms with van der Waals surface area (Å²) in [6.07, 6.45) is 10.2. The monoisotopic (exact) mass is 481 g/mol. The van der Waals surface area contributed by atoms with Crippen molar-refractivity contribution >= 4 is 16.9 Å². The average Bonchev–Trinajstić information content (AvgIpc) is 3.55. The van der Waals surface area contributed by atoms with Gasteiger partial charge in [0.25, 0.3) is 0 Å². The zero-order valence-corrected chi connectivity index (χ0v) is 21.4. The summed E-state index contributed by atoms with van der Waals surface area (Å²) in [5, 5.41) is 18.8. The third-order valence-electron chi connectivity index (χ3n) is 5.34. The number of aromatic hydroxyl groups is 1. The van der Waals surface area contributed by atoms with E-state index in [2.05, 4.69) is 22.1 Å². The number of likely N-dealkylation sites (tertiary alicyclic amines) is 1. The number of aromatic nitrogens is 3.